The SMILES string of the molecule is CCOCCOc1nc(-c2ccco2)n(-c2ccc(NC(=O)c3ccc(C)c(C(F)(F)F)c3)cc2)n1. The number of aromatic nitrogens is 3. The van der Waals surface area contributed by atoms with Crippen LogP contribution in [0.5, 0.6) is 6.01 Å². The van der Waals surface area contributed by atoms with Crippen molar-refractivity contribution < 1.29 is 31.9 Å². The standard InChI is InChI=1S/C25H23F3N4O4/c1-3-34-13-14-36-24-30-22(21-5-4-12-35-21)32(31-24)19-10-8-18(9-11-19)29-23(33)17-7-6-16(2)20(15-17)25(26,27)28/h4-12,15H,3,13-14H2,1-2H3,(H,29,33). The molecule has 2 aromatic carbocycles. The molecular weight excluding hydrogens is 477 g/mol. The highest BCUT2D eigenvalue weighted by Crippen LogP contribution is 2.32. The summed E-state index contributed by atoms with van der Waals surface area (Å²) in [5.74, 6) is 0.220. The van der Waals surface area contributed by atoms with Crippen LogP contribution < -0.4 is 10.1 Å². The number of aryl methyl sites for hydroxylation is 1. The second-order valence-electron chi connectivity index (χ2n) is 7.68. The molecule has 8 nitrogen and oxygen atoms in total. The van der Waals surface area contributed by atoms with E-state index in [-0.39, 0.29) is 23.7 Å². The molecule has 4 rings (SSSR count). The molecule has 1 N–H and O–H groups in total. The fourth-order valence-corrected chi connectivity index (χ4v) is 3.39. The number of furan rings is 1. The van der Waals surface area contributed by atoms with Gasteiger partial charge < -0.3 is 19.2 Å². The fraction of sp³-hybridized carbons (Fsp3) is 0.240. The first-order chi connectivity index (χ1) is 17.3. The number of hydrogen-bond acceptors (Lipinski definition) is 6. The van der Waals surface area contributed by atoms with Crippen LogP contribution in [0.1, 0.15) is 28.4 Å². The van der Waals surface area contributed by atoms with Crippen LogP contribution >= 0.6 is 0 Å². The second-order valence-corrected chi connectivity index (χ2v) is 7.68. The van der Waals surface area contributed by atoms with Crippen molar-refractivity contribution in [3.05, 3.63) is 77.6 Å². The molecule has 0 bridgehead atoms. The molecule has 0 aliphatic heterocycles. The predicted octanol–water partition coefficient (Wildman–Crippen LogP) is 5.52. The van der Waals surface area contributed by atoms with Gasteiger partial charge in [0.1, 0.15) is 6.61 Å². The Hall–Kier alpha value is -4.12. The maximum absolute atomic E-state index is 13.2. The highest BCUT2D eigenvalue weighted by Gasteiger charge is 2.33. The number of carbonyl (C=O) groups is 1. The lowest BCUT2D eigenvalue weighted by molar-refractivity contribution is -0.138. The Labute approximate surface area is 204 Å². The lowest BCUT2D eigenvalue weighted by atomic mass is 10.0. The van der Waals surface area contributed by atoms with Crippen LogP contribution in [0.2, 0.25) is 0 Å². The smallest absolute Gasteiger partial charge is 0.416 e. The molecule has 1 amide bonds. The molecule has 0 aliphatic rings. The number of carbonyl (C=O) groups excluding carboxylic acids is 1. The summed E-state index contributed by atoms with van der Waals surface area (Å²) in [5.41, 5.74) is 0.0977. The van der Waals surface area contributed by atoms with E-state index in [0.29, 0.717) is 36.2 Å². The van der Waals surface area contributed by atoms with Crippen LogP contribution in [0.25, 0.3) is 17.3 Å². The summed E-state index contributed by atoms with van der Waals surface area (Å²) in [7, 11) is 0. The van der Waals surface area contributed by atoms with Crippen molar-refractivity contribution in [1.29, 1.82) is 0 Å². The lowest BCUT2D eigenvalue weighted by Gasteiger charge is -2.12. The first-order valence-corrected chi connectivity index (χ1v) is 11.1. The zero-order chi connectivity index (χ0) is 25.7. The van der Waals surface area contributed by atoms with Crippen LogP contribution in [-0.4, -0.2) is 40.5 Å². The van der Waals surface area contributed by atoms with Crippen molar-refractivity contribution in [2.75, 3.05) is 25.1 Å². The van der Waals surface area contributed by atoms with E-state index in [1.165, 1.54) is 30.0 Å². The molecule has 0 aliphatic carbocycles. The molecule has 11 heteroatoms. The predicted molar refractivity (Wildman–Crippen MR) is 125 cm³/mol. The van der Waals surface area contributed by atoms with Gasteiger partial charge in [0.2, 0.25) is 5.82 Å². The Morgan fingerprint density at radius 1 is 1.11 bits per heavy atom. The number of hydrogen-bond donors (Lipinski definition) is 1. The first kappa shape index (κ1) is 25.0. The van der Waals surface area contributed by atoms with Gasteiger partial charge in [0.25, 0.3) is 5.91 Å². The molecule has 0 fully saturated rings. The van der Waals surface area contributed by atoms with E-state index in [1.807, 2.05) is 6.92 Å². The van der Waals surface area contributed by atoms with E-state index >= 15 is 0 Å². The van der Waals surface area contributed by atoms with Crippen LogP contribution in [0, 0.1) is 6.92 Å². The zero-order valence-electron chi connectivity index (χ0n) is 19.5. The first-order valence-electron chi connectivity index (χ1n) is 11.1. The minimum absolute atomic E-state index is 0.0461. The highest BCUT2D eigenvalue weighted by atomic mass is 19.4. The van der Waals surface area contributed by atoms with Gasteiger partial charge in [-0.2, -0.15) is 18.2 Å². The Morgan fingerprint density at radius 2 is 1.89 bits per heavy atom. The van der Waals surface area contributed by atoms with Gasteiger partial charge in [-0.05, 0) is 67.9 Å². The summed E-state index contributed by atoms with van der Waals surface area (Å²) < 4.78 is 57.4. The number of ether oxygens (including phenoxy) is 2. The third kappa shape index (κ3) is 5.74. The number of anilines is 1. The summed E-state index contributed by atoms with van der Waals surface area (Å²) in [6, 6.07) is 13.6. The van der Waals surface area contributed by atoms with Crippen LogP contribution in [-0.2, 0) is 10.9 Å². The molecule has 36 heavy (non-hydrogen) atoms. The average molecular weight is 500 g/mol. The molecule has 4 aromatic rings. The Balaban J connectivity index is 1.53. The number of nitrogens with one attached hydrogen (secondary N) is 1. The minimum atomic E-state index is -4.54. The normalized spacial score (nSPS) is 11.5. The largest absolute Gasteiger partial charge is 0.461 e. The summed E-state index contributed by atoms with van der Waals surface area (Å²) in [5, 5.41) is 7.00. The average Bonchev–Trinajstić information content (AvgIpc) is 3.52. The Bertz CT molecular complexity index is 1320. The topological polar surface area (TPSA) is 91.4 Å². The summed E-state index contributed by atoms with van der Waals surface area (Å²) in [4.78, 5) is 17.0. The molecule has 188 valence electrons. The van der Waals surface area contributed by atoms with Crippen molar-refractivity contribution in [3.8, 4) is 23.3 Å². The monoisotopic (exact) mass is 500 g/mol. The fourth-order valence-electron chi connectivity index (χ4n) is 3.39. The quantitative estimate of drug-likeness (QED) is 0.304. The maximum Gasteiger partial charge on any atom is 0.416 e. The molecule has 0 saturated heterocycles. The number of halogens is 3. The van der Waals surface area contributed by atoms with Gasteiger partial charge in [-0.1, -0.05) is 6.07 Å². The van der Waals surface area contributed by atoms with Gasteiger partial charge in [0.15, 0.2) is 5.76 Å². The van der Waals surface area contributed by atoms with Crippen LogP contribution in [0.3, 0.4) is 0 Å². The van der Waals surface area contributed by atoms with E-state index in [4.69, 9.17) is 13.9 Å². The van der Waals surface area contributed by atoms with E-state index < -0.39 is 17.6 Å². The summed E-state index contributed by atoms with van der Waals surface area (Å²) in [6.45, 7) is 4.46. The zero-order valence-corrected chi connectivity index (χ0v) is 19.5. The number of benzene rings is 2. The molecule has 0 atom stereocenters. The van der Waals surface area contributed by atoms with Crippen molar-refractivity contribution >= 4 is 11.6 Å². The van der Waals surface area contributed by atoms with Gasteiger partial charge in [0.05, 0.1) is 24.1 Å². The number of rotatable bonds is 9. The molecule has 2 heterocycles. The van der Waals surface area contributed by atoms with Crippen molar-refractivity contribution in [1.82, 2.24) is 14.8 Å². The van der Waals surface area contributed by atoms with Crippen molar-refractivity contribution in [3.63, 3.8) is 0 Å². The summed E-state index contributed by atoms with van der Waals surface area (Å²) in [6.07, 6.45) is -3.03. The van der Waals surface area contributed by atoms with Gasteiger partial charge in [-0.15, -0.1) is 5.10 Å². The molecule has 0 saturated carbocycles. The van der Waals surface area contributed by atoms with E-state index in [0.717, 1.165) is 6.07 Å². The van der Waals surface area contributed by atoms with E-state index in [2.05, 4.69) is 15.4 Å². The highest BCUT2D eigenvalue weighted by molar-refractivity contribution is 6.04. The molecule has 0 spiro atoms. The number of amides is 1. The second kappa shape index (κ2) is 10.6. The van der Waals surface area contributed by atoms with Gasteiger partial charge in [-0.25, -0.2) is 4.68 Å². The third-order valence-corrected chi connectivity index (χ3v) is 5.17. The molecular formula is C25H23F3N4O4. The number of nitrogens with zero attached hydrogens (tertiary/aromatic N) is 3. The number of alkyl halides is 3. The summed E-state index contributed by atoms with van der Waals surface area (Å²) >= 11 is 0. The Kier molecular flexibility index (Phi) is 7.39. The van der Waals surface area contributed by atoms with Gasteiger partial charge >= 0.3 is 12.2 Å². The maximum atomic E-state index is 13.2. The third-order valence-electron chi connectivity index (χ3n) is 5.17. The molecule has 0 radical (unpaired) electrons. The van der Waals surface area contributed by atoms with Crippen molar-refractivity contribution in [2.45, 2.75) is 20.0 Å². The van der Waals surface area contributed by atoms with Gasteiger partial charge in [-0.3, -0.25) is 4.79 Å². The van der Waals surface area contributed by atoms with E-state index in [9.17, 15) is 18.0 Å². The van der Waals surface area contributed by atoms with Gasteiger partial charge in [0, 0.05) is 17.9 Å². The molecule has 0 unspecified atom stereocenters. The van der Waals surface area contributed by atoms with Crippen LogP contribution in [0.15, 0.2) is 65.3 Å². The Morgan fingerprint density at radius 3 is 2.56 bits per heavy atom. The van der Waals surface area contributed by atoms with E-state index in [1.54, 1.807) is 36.4 Å². The lowest BCUT2D eigenvalue weighted by Crippen LogP contribution is -2.15. The minimum Gasteiger partial charge on any atom is -0.461 e. The van der Waals surface area contributed by atoms with Crippen molar-refractivity contribution in [2.24, 2.45) is 0 Å². The van der Waals surface area contributed by atoms with Crippen LogP contribution in [0.4, 0.5) is 18.9 Å². The molecule has 2 aromatic heterocycles.